The van der Waals surface area contributed by atoms with E-state index in [0.717, 1.165) is 24.3 Å². The predicted octanol–water partition coefficient (Wildman–Crippen LogP) is 1.32. The molecule has 0 aliphatic carbocycles. The van der Waals surface area contributed by atoms with Crippen molar-refractivity contribution in [3.05, 3.63) is 29.8 Å². The molecule has 0 saturated heterocycles. The molecule has 5 heteroatoms. The van der Waals surface area contributed by atoms with E-state index in [-0.39, 0.29) is 5.75 Å². The first-order valence-corrected chi connectivity index (χ1v) is 7.02. The van der Waals surface area contributed by atoms with Crippen molar-refractivity contribution in [2.45, 2.75) is 19.6 Å². The molecule has 0 atom stereocenters. The topological polar surface area (TPSA) is 63.4 Å². The van der Waals surface area contributed by atoms with Gasteiger partial charge in [0.25, 0.3) is 0 Å². The summed E-state index contributed by atoms with van der Waals surface area (Å²) in [7, 11) is -3.44. The lowest BCUT2D eigenvalue weighted by Gasteiger charge is -2.21. The number of nitrogens with two attached hydrogens (primary N) is 1. The molecular weight excluding hydrogens is 224 g/mol. The summed E-state index contributed by atoms with van der Waals surface area (Å²) >= 11 is 0. The smallest absolute Gasteiger partial charge is 0.213 e. The fraction of sp³-hybridized carbons (Fsp3) is 0.455. The molecule has 16 heavy (non-hydrogen) atoms. The average Bonchev–Trinajstić information content (AvgIpc) is 2.20. The zero-order valence-corrected chi connectivity index (χ0v) is 10.5. The Balaban J connectivity index is 2.82. The van der Waals surface area contributed by atoms with E-state index in [1.54, 1.807) is 12.1 Å². The van der Waals surface area contributed by atoms with Crippen molar-refractivity contribution in [3.8, 4) is 0 Å². The SMILES string of the molecule is CCN(CC)c1ccc(CS(N)(=O)=O)cc1. The number of anilines is 1. The lowest BCUT2D eigenvalue weighted by atomic mass is 10.2. The molecule has 1 aromatic carbocycles. The monoisotopic (exact) mass is 242 g/mol. The first-order chi connectivity index (χ1) is 7.46. The molecular formula is C11H18N2O2S. The number of rotatable bonds is 5. The van der Waals surface area contributed by atoms with Gasteiger partial charge in [0.05, 0.1) is 5.75 Å². The molecule has 90 valence electrons. The van der Waals surface area contributed by atoms with Crippen LogP contribution in [0.15, 0.2) is 24.3 Å². The van der Waals surface area contributed by atoms with Crippen LogP contribution in [0.5, 0.6) is 0 Å². The van der Waals surface area contributed by atoms with Crippen LogP contribution >= 0.6 is 0 Å². The maximum absolute atomic E-state index is 10.9. The van der Waals surface area contributed by atoms with Crippen molar-refractivity contribution < 1.29 is 8.42 Å². The highest BCUT2D eigenvalue weighted by molar-refractivity contribution is 7.88. The van der Waals surface area contributed by atoms with E-state index in [9.17, 15) is 8.42 Å². The molecule has 0 bridgehead atoms. The van der Waals surface area contributed by atoms with Gasteiger partial charge in [0, 0.05) is 18.8 Å². The van der Waals surface area contributed by atoms with E-state index in [4.69, 9.17) is 5.14 Å². The summed E-state index contributed by atoms with van der Waals surface area (Å²) in [5.41, 5.74) is 1.82. The molecule has 0 amide bonds. The average molecular weight is 242 g/mol. The summed E-state index contributed by atoms with van der Waals surface area (Å²) < 4.78 is 21.8. The van der Waals surface area contributed by atoms with Crippen molar-refractivity contribution in [2.24, 2.45) is 5.14 Å². The molecule has 0 fully saturated rings. The molecule has 1 aromatic rings. The van der Waals surface area contributed by atoms with E-state index in [0.29, 0.717) is 0 Å². The van der Waals surface area contributed by atoms with Gasteiger partial charge >= 0.3 is 0 Å². The van der Waals surface area contributed by atoms with Gasteiger partial charge < -0.3 is 4.90 Å². The zero-order valence-electron chi connectivity index (χ0n) is 9.68. The first-order valence-electron chi connectivity index (χ1n) is 5.30. The lowest BCUT2D eigenvalue weighted by Crippen LogP contribution is -2.21. The lowest BCUT2D eigenvalue weighted by molar-refractivity contribution is 0.597. The van der Waals surface area contributed by atoms with Crippen LogP contribution in [0.2, 0.25) is 0 Å². The summed E-state index contributed by atoms with van der Waals surface area (Å²) in [6.07, 6.45) is 0. The van der Waals surface area contributed by atoms with Crippen LogP contribution in [-0.2, 0) is 15.8 Å². The van der Waals surface area contributed by atoms with E-state index in [2.05, 4.69) is 18.7 Å². The summed E-state index contributed by atoms with van der Waals surface area (Å²) in [5.74, 6) is -0.106. The Kier molecular flexibility index (Phi) is 4.32. The number of hydrogen-bond donors (Lipinski definition) is 1. The first kappa shape index (κ1) is 13.0. The third kappa shape index (κ3) is 3.83. The number of benzene rings is 1. The minimum Gasteiger partial charge on any atom is -0.372 e. The fourth-order valence-electron chi connectivity index (χ4n) is 1.62. The Morgan fingerprint density at radius 3 is 2.00 bits per heavy atom. The van der Waals surface area contributed by atoms with Gasteiger partial charge in [-0.2, -0.15) is 0 Å². The number of sulfonamides is 1. The van der Waals surface area contributed by atoms with Crippen molar-refractivity contribution in [1.82, 2.24) is 0 Å². The molecule has 0 aliphatic heterocycles. The summed E-state index contributed by atoms with van der Waals surface area (Å²) in [5, 5.41) is 4.98. The normalized spacial score (nSPS) is 11.4. The highest BCUT2D eigenvalue weighted by Crippen LogP contribution is 2.15. The third-order valence-corrected chi connectivity index (χ3v) is 3.17. The number of hydrogen-bond acceptors (Lipinski definition) is 3. The van der Waals surface area contributed by atoms with Crippen LogP contribution in [0.25, 0.3) is 0 Å². The van der Waals surface area contributed by atoms with Gasteiger partial charge in [-0.25, -0.2) is 13.6 Å². The molecule has 1 rings (SSSR count). The Bertz CT molecular complexity index is 422. The van der Waals surface area contributed by atoms with Crippen molar-refractivity contribution in [2.75, 3.05) is 18.0 Å². The van der Waals surface area contributed by atoms with Crippen LogP contribution in [0.3, 0.4) is 0 Å². The van der Waals surface area contributed by atoms with Crippen molar-refractivity contribution >= 4 is 15.7 Å². The van der Waals surface area contributed by atoms with Crippen molar-refractivity contribution in [3.63, 3.8) is 0 Å². The molecule has 0 unspecified atom stereocenters. The van der Waals surface area contributed by atoms with Crippen molar-refractivity contribution in [1.29, 1.82) is 0 Å². The molecule has 2 N–H and O–H groups in total. The minimum atomic E-state index is -3.44. The highest BCUT2D eigenvalue weighted by atomic mass is 32.2. The fourth-order valence-corrected chi connectivity index (χ4v) is 2.28. The molecule has 0 saturated carbocycles. The predicted molar refractivity (Wildman–Crippen MR) is 66.8 cm³/mol. The Labute approximate surface area is 97.1 Å². The van der Waals surface area contributed by atoms with Gasteiger partial charge in [-0.05, 0) is 31.5 Å². The Hall–Kier alpha value is -1.07. The van der Waals surface area contributed by atoms with Gasteiger partial charge in [-0.1, -0.05) is 12.1 Å². The van der Waals surface area contributed by atoms with Crippen LogP contribution in [0.1, 0.15) is 19.4 Å². The van der Waals surface area contributed by atoms with E-state index in [1.165, 1.54) is 0 Å². The van der Waals surface area contributed by atoms with Gasteiger partial charge in [0.15, 0.2) is 0 Å². The van der Waals surface area contributed by atoms with Gasteiger partial charge in [0.1, 0.15) is 0 Å². The van der Waals surface area contributed by atoms with E-state index in [1.807, 2.05) is 12.1 Å². The van der Waals surface area contributed by atoms with E-state index < -0.39 is 10.0 Å². The molecule has 4 nitrogen and oxygen atoms in total. The summed E-state index contributed by atoms with van der Waals surface area (Å²) in [6.45, 7) is 6.04. The second-order valence-corrected chi connectivity index (χ2v) is 5.26. The largest absolute Gasteiger partial charge is 0.372 e. The summed E-state index contributed by atoms with van der Waals surface area (Å²) in [6, 6.07) is 7.46. The number of primary sulfonamides is 1. The quantitative estimate of drug-likeness (QED) is 0.847. The van der Waals surface area contributed by atoms with Crippen LogP contribution in [-0.4, -0.2) is 21.5 Å². The van der Waals surface area contributed by atoms with Crippen LogP contribution < -0.4 is 10.0 Å². The summed E-state index contributed by atoms with van der Waals surface area (Å²) in [4.78, 5) is 2.20. The second kappa shape index (κ2) is 5.32. The molecule has 0 aromatic heterocycles. The van der Waals surface area contributed by atoms with Gasteiger partial charge in [-0.3, -0.25) is 0 Å². The molecule has 0 spiro atoms. The van der Waals surface area contributed by atoms with Gasteiger partial charge in [-0.15, -0.1) is 0 Å². The highest BCUT2D eigenvalue weighted by Gasteiger charge is 2.06. The maximum atomic E-state index is 10.9. The zero-order chi connectivity index (χ0) is 12.2. The molecule has 0 radical (unpaired) electrons. The van der Waals surface area contributed by atoms with Gasteiger partial charge in [0.2, 0.25) is 10.0 Å². The minimum absolute atomic E-state index is 0.106. The van der Waals surface area contributed by atoms with Crippen LogP contribution in [0.4, 0.5) is 5.69 Å². The second-order valence-electron chi connectivity index (χ2n) is 3.65. The molecule has 0 heterocycles. The Morgan fingerprint density at radius 1 is 1.12 bits per heavy atom. The van der Waals surface area contributed by atoms with E-state index >= 15 is 0 Å². The Morgan fingerprint density at radius 2 is 1.62 bits per heavy atom. The molecule has 0 aliphatic rings. The van der Waals surface area contributed by atoms with Crippen LogP contribution in [0, 0.1) is 0 Å². The third-order valence-electron chi connectivity index (χ3n) is 2.43. The maximum Gasteiger partial charge on any atom is 0.213 e. The standard InChI is InChI=1S/C11H18N2O2S/c1-3-13(4-2)11-7-5-10(6-8-11)9-16(12,14)15/h5-8H,3-4,9H2,1-2H3,(H2,12,14,15). The number of nitrogens with zero attached hydrogens (tertiary/aromatic N) is 1.